The van der Waals surface area contributed by atoms with E-state index in [1.807, 2.05) is 49.4 Å². The zero-order valence-electron chi connectivity index (χ0n) is 27.7. The number of amides is 3. The summed E-state index contributed by atoms with van der Waals surface area (Å²) in [6, 6.07) is 23.7. The van der Waals surface area contributed by atoms with Gasteiger partial charge in [0.2, 0.25) is 11.8 Å². The number of rotatable bonds is 13. The Morgan fingerprint density at radius 2 is 1.74 bits per heavy atom. The zero-order valence-corrected chi connectivity index (χ0v) is 29.2. The van der Waals surface area contributed by atoms with Gasteiger partial charge in [0.1, 0.15) is 24.5 Å². The van der Waals surface area contributed by atoms with Crippen molar-refractivity contribution in [3.63, 3.8) is 0 Å². The fourth-order valence-corrected chi connectivity index (χ4v) is 5.68. The number of benzene rings is 3. The van der Waals surface area contributed by atoms with Crippen LogP contribution in [0, 0.1) is 6.92 Å². The van der Waals surface area contributed by atoms with Crippen LogP contribution in [0.4, 0.5) is 11.4 Å². The lowest BCUT2D eigenvalue weighted by Crippen LogP contribution is -2.37. The monoisotopic (exact) mass is 711 g/mol. The molecule has 1 N–H and O–H groups in total. The van der Waals surface area contributed by atoms with Crippen LogP contribution in [0.5, 0.6) is 5.75 Å². The minimum Gasteiger partial charge on any atom is -0.487 e. The molecule has 3 amide bonds. The summed E-state index contributed by atoms with van der Waals surface area (Å²) in [7, 11) is 3.04. The molecule has 0 saturated heterocycles. The minimum absolute atomic E-state index is 0.0524. The summed E-state index contributed by atoms with van der Waals surface area (Å²) in [6.07, 6.45) is 6.32. The van der Waals surface area contributed by atoms with Crippen molar-refractivity contribution in [1.82, 2.24) is 15.3 Å². The van der Waals surface area contributed by atoms with Crippen molar-refractivity contribution in [3.8, 4) is 5.75 Å². The lowest BCUT2D eigenvalue weighted by Gasteiger charge is -2.22. The highest BCUT2D eigenvalue weighted by Crippen LogP contribution is 2.35. The van der Waals surface area contributed by atoms with Crippen LogP contribution < -0.4 is 19.9 Å². The molecule has 2 aromatic heterocycles. The molecule has 0 spiro atoms. The van der Waals surface area contributed by atoms with Gasteiger partial charge in [-0.2, -0.15) is 0 Å². The van der Waals surface area contributed by atoms with Gasteiger partial charge in [-0.1, -0.05) is 59.6 Å². The maximum atomic E-state index is 13.1. The fraction of sp³-hybridized carbons (Fsp3) is 0.184. The maximum absolute atomic E-state index is 13.1. The first-order chi connectivity index (χ1) is 24.1. The number of aromatic nitrogens is 2. The van der Waals surface area contributed by atoms with Crippen LogP contribution >= 0.6 is 23.2 Å². The van der Waals surface area contributed by atoms with Gasteiger partial charge in [0.15, 0.2) is 0 Å². The Bertz CT molecular complexity index is 2020. The highest BCUT2D eigenvalue weighted by Gasteiger charge is 2.20. The van der Waals surface area contributed by atoms with Gasteiger partial charge in [0, 0.05) is 60.0 Å². The molecule has 2 heterocycles. The molecule has 0 saturated carbocycles. The van der Waals surface area contributed by atoms with E-state index in [0.717, 1.165) is 27.7 Å². The molecular formula is C38H35Cl2N5O5. The number of likely N-dealkylation sites (N-methyl/N-ethyl adjacent to an activating group) is 1. The summed E-state index contributed by atoms with van der Waals surface area (Å²) in [5.74, 6) is -0.471. The molecule has 0 atom stereocenters. The fourth-order valence-electron chi connectivity index (χ4n) is 5.07. The molecule has 3 aromatic carbocycles. The Morgan fingerprint density at radius 1 is 0.940 bits per heavy atom. The van der Waals surface area contributed by atoms with Gasteiger partial charge in [-0.25, -0.2) is 4.98 Å². The highest BCUT2D eigenvalue weighted by atomic mass is 35.5. The Hall–Kier alpha value is -5.29. The number of ether oxygens (including phenoxy) is 2. The summed E-state index contributed by atoms with van der Waals surface area (Å²) < 4.78 is 11.2. The standard InChI is InChI=1S/C38H35Cl2N5O5/c1-25-9-13-28-7-4-8-33(38(28)43-25)50-23-30-31(39)16-17-32(37(30)40)44(2)35(47)21-42-34(46)18-12-26-10-14-29(15-11-26)45(36(48)24-49-3)22-27-6-5-19-41-20-27/h4-20H,21-24H2,1-3H3,(H,42,46)/b18-12+. The van der Waals surface area contributed by atoms with E-state index >= 15 is 0 Å². The molecule has 5 aromatic rings. The number of nitrogens with one attached hydrogen (secondary N) is 1. The third kappa shape index (κ3) is 9.03. The van der Waals surface area contributed by atoms with Gasteiger partial charge in [-0.15, -0.1) is 0 Å². The molecule has 12 heteroatoms. The highest BCUT2D eigenvalue weighted by molar-refractivity contribution is 6.38. The van der Waals surface area contributed by atoms with E-state index < -0.39 is 11.8 Å². The van der Waals surface area contributed by atoms with Gasteiger partial charge in [-0.3, -0.25) is 19.4 Å². The van der Waals surface area contributed by atoms with Crippen molar-refractivity contribution >= 4 is 69.3 Å². The number of carbonyl (C=O) groups excluding carboxylic acids is 3. The summed E-state index contributed by atoms with van der Waals surface area (Å²) in [6.45, 7) is 1.95. The van der Waals surface area contributed by atoms with E-state index in [1.165, 1.54) is 18.1 Å². The van der Waals surface area contributed by atoms with E-state index in [1.54, 1.807) is 66.8 Å². The number of hydrogen-bond donors (Lipinski definition) is 1. The van der Waals surface area contributed by atoms with Crippen molar-refractivity contribution in [2.45, 2.75) is 20.1 Å². The molecule has 0 bridgehead atoms. The smallest absolute Gasteiger partial charge is 0.253 e. The molecule has 0 aliphatic rings. The van der Waals surface area contributed by atoms with Crippen molar-refractivity contribution in [2.24, 2.45) is 0 Å². The van der Waals surface area contributed by atoms with Gasteiger partial charge in [-0.05, 0) is 66.6 Å². The second-order valence-electron chi connectivity index (χ2n) is 11.3. The Morgan fingerprint density at radius 3 is 2.48 bits per heavy atom. The van der Waals surface area contributed by atoms with E-state index in [9.17, 15) is 14.4 Å². The Labute approximate surface area is 300 Å². The van der Waals surface area contributed by atoms with Gasteiger partial charge < -0.3 is 24.6 Å². The van der Waals surface area contributed by atoms with Crippen LogP contribution in [-0.4, -0.2) is 55.0 Å². The summed E-state index contributed by atoms with van der Waals surface area (Å²) in [5, 5.41) is 4.20. The van der Waals surface area contributed by atoms with Crippen LogP contribution in [0.3, 0.4) is 0 Å². The third-order valence-electron chi connectivity index (χ3n) is 7.77. The number of nitrogens with zero attached hydrogens (tertiary/aromatic N) is 4. The predicted molar refractivity (Wildman–Crippen MR) is 196 cm³/mol. The Kier molecular flexibility index (Phi) is 12.2. The van der Waals surface area contributed by atoms with Gasteiger partial charge >= 0.3 is 0 Å². The number of anilines is 2. The third-order valence-corrected chi connectivity index (χ3v) is 8.55. The largest absolute Gasteiger partial charge is 0.487 e. The second kappa shape index (κ2) is 16.9. The molecule has 256 valence electrons. The number of aryl methyl sites for hydroxylation is 1. The first-order valence-corrected chi connectivity index (χ1v) is 16.4. The molecule has 0 unspecified atom stereocenters. The first-order valence-electron chi connectivity index (χ1n) is 15.6. The SMILES string of the molecule is COCC(=O)N(Cc1cccnc1)c1ccc(/C=C/C(=O)NCC(=O)N(C)c2ccc(Cl)c(COc3cccc4ccc(C)nc34)c2Cl)cc1. The number of methoxy groups -OCH3 is 1. The summed E-state index contributed by atoms with van der Waals surface area (Å²) >= 11 is 13.2. The van der Waals surface area contributed by atoms with Crippen molar-refractivity contribution in [1.29, 1.82) is 0 Å². The minimum atomic E-state index is -0.459. The van der Waals surface area contributed by atoms with Crippen LogP contribution in [0.1, 0.15) is 22.4 Å². The number of halogens is 2. The lowest BCUT2D eigenvalue weighted by atomic mass is 10.1. The molecule has 0 aliphatic heterocycles. The maximum Gasteiger partial charge on any atom is 0.253 e. The van der Waals surface area contributed by atoms with E-state index in [-0.39, 0.29) is 30.7 Å². The van der Waals surface area contributed by atoms with Crippen LogP contribution in [0.15, 0.2) is 97.3 Å². The molecule has 0 fully saturated rings. The number of hydrogen-bond acceptors (Lipinski definition) is 7. The van der Waals surface area contributed by atoms with Crippen LogP contribution in [0.25, 0.3) is 17.0 Å². The van der Waals surface area contributed by atoms with Crippen LogP contribution in [-0.2, 0) is 32.3 Å². The summed E-state index contributed by atoms with van der Waals surface area (Å²) in [4.78, 5) is 50.1. The summed E-state index contributed by atoms with van der Waals surface area (Å²) in [5.41, 5.74) is 4.78. The second-order valence-corrected chi connectivity index (χ2v) is 12.1. The molecule has 10 nitrogen and oxygen atoms in total. The van der Waals surface area contributed by atoms with E-state index in [0.29, 0.717) is 34.3 Å². The normalized spacial score (nSPS) is 11.1. The van der Waals surface area contributed by atoms with Crippen molar-refractivity contribution < 1.29 is 23.9 Å². The molecule has 0 radical (unpaired) electrons. The van der Waals surface area contributed by atoms with Gasteiger partial charge in [0.25, 0.3) is 5.91 Å². The van der Waals surface area contributed by atoms with Crippen LogP contribution in [0.2, 0.25) is 10.0 Å². The molecule has 0 aliphatic carbocycles. The average Bonchev–Trinajstić information content (AvgIpc) is 3.12. The van der Waals surface area contributed by atoms with Crippen molar-refractivity contribution in [3.05, 3.63) is 130 Å². The average molecular weight is 713 g/mol. The topological polar surface area (TPSA) is 114 Å². The molecule has 50 heavy (non-hydrogen) atoms. The first kappa shape index (κ1) is 36.0. The van der Waals surface area contributed by atoms with E-state index in [2.05, 4.69) is 15.3 Å². The quantitative estimate of drug-likeness (QED) is 0.134. The zero-order chi connectivity index (χ0) is 35.6. The predicted octanol–water partition coefficient (Wildman–Crippen LogP) is 6.80. The van der Waals surface area contributed by atoms with Crippen molar-refractivity contribution in [2.75, 3.05) is 37.1 Å². The molecular weight excluding hydrogens is 677 g/mol. The van der Waals surface area contributed by atoms with E-state index in [4.69, 9.17) is 32.7 Å². The number of para-hydroxylation sites is 1. The Balaban J connectivity index is 1.18. The number of fused-ring (bicyclic) bond motifs is 1. The van der Waals surface area contributed by atoms with Gasteiger partial charge in [0.05, 0.1) is 23.8 Å². The number of carbonyl (C=O) groups is 3. The number of pyridine rings is 2. The molecule has 5 rings (SSSR count). The lowest BCUT2D eigenvalue weighted by molar-refractivity contribution is -0.122.